The second kappa shape index (κ2) is 9.13. The highest BCUT2D eigenvalue weighted by Gasteiger charge is 2.16. The Balaban J connectivity index is 1.63. The van der Waals surface area contributed by atoms with Crippen molar-refractivity contribution in [2.75, 3.05) is 10.0 Å². The predicted molar refractivity (Wildman–Crippen MR) is 121 cm³/mol. The molecule has 0 unspecified atom stereocenters. The van der Waals surface area contributed by atoms with Crippen molar-refractivity contribution >= 4 is 27.3 Å². The van der Waals surface area contributed by atoms with Gasteiger partial charge in [0.05, 0.1) is 10.6 Å². The molecule has 6 heteroatoms. The lowest BCUT2D eigenvalue weighted by molar-refractivity contribution is -0.116. The summed E-state index contributed by atoms with van der Waals surface area (Å²) in [6.45, 7) is 5.74. The van der Waals surface area contributed by atoms with Gasteiger partial charge in [0.2, 0.25) is 5.91 Å². The van der Waals surface area contributed by atoms with Crippen molar-refractivity contribution in [3.8, 4) is 0 Å². The summed E-state index contributed by atoms with van der Waals surface area (Å²) in [5.41, 5.74) is 5.15. The Hall–Kier alpha value is -3.12. The number of carbonyl (C=O) groups excluding carboxylic acids is 1. The normalized spacial score (nSPS) is 11.2. The number of anilines is 2. The molecule has 0 atom stereocenters. The highest BCUT2D eigenvalue weighted by molar-refractivity contribution is 7.92. The standard InChI is InChI=1S/C24H26N2O3S/c1-17-6-4-9-20(16-17)10-15-23(27)25-21-11-13-22(14-12-21)30(28,29)26-24-18(2)7-5-8-19(24)3/h4-9,11-14,16,26H,10,15H2,1-3H3,(H,25,27). The topological polar surface area (TPSA) is 75.3 Å². The fourth-order valence-corrected chi connectivity index (χ4v) is 4.44. The lowest BCUT2D eigenvalue weighted by Crippen LogP contribution is -2.15. The molecular formula is C24H26N2O3S. The van der Waals surface area contributed by atoms with Crippen LogP contribution in [-0.2, 0) is 21.2 Å². The van der Waals surface area contributed by atoms with E-state index in [1.807, 2.05) is 57.2 Å². The van der Waals surface area contributed by atoms with Gasteiger partial charge in [-0.05, 0) is 68.1 Å². The van der Waals surface area contributed by atoms with E-state index in [1.165, 1.54) is 17.7 Å². The van der Waals surface area contributed by atoms with Gasteiger partial charge in [-0.15, -0.1) is 0 Å². The van der Waals surface area contributed by atoms with Gasteiger partial charge in [0.25, 0.3) is 10.0 Å². The van der Waals surface area contributed by atoms with Crippen LogP contribution in [0.2, 0.25) is 0 Å². The van der Waals surface area contributed by atoms with Gasteiger partial charge in [0.15, 0.2) is 0 Å². The number of hydrogen-bond donors (Lipinski definition) is 2. The average Bonchev–Trinajstić information content (AvgIpc) is 2.70. The summed E-state index contributed by atoms with van der Waals surface area (Å²) in [6, 6.07) is 19.9. The number of para-hydroxylation sites is 1. The minimum absolute atomic E-state index is 0.110. The third kappa shape index (κ3) is 5.48. The van der Waals surface area contributed by atoms with Gasteiger partial charge < -0.3 is 5.32 Å². The summed E-state index contributed by atoms with van der Waals surface area (Å²) in [6.07, 6.45) is 1.01. The van der Waals surface area contributed by atoms with E-state index < -0.39 is 10.0 Å². The number of sulfonamides is 1. The molecule has 0 spiro atoms. The maximum atomic E-state index is 12.7. The first-order valence-corrected chi connectivity index (χ1v) is 11.3. The van der Waals surface area contributed by atoms with Crippen LogP contribution in [-0.4, -0.2) is 14.3 Å². The van der Waals surface area contributed by atoms with E-state index in [-0.39, 0.29) is 10.8 Å². The molecule has 0 aliphatic heterocycles. The third-order valence-corrected chi connectivity index (χ3v) is 6.25. The Morgan fingerprint density at radius 2 is 1.50 bits per heavy atom. The van der Waals surface area contributed by atoms with Crippen molar-refractivity contribution in [2.24, 2.45) is 0 Å². The average molecular weight is 423 g/mol. The molecule has 0 saturated carbocycles. The lowest BCUT2D eigenvalue weighted by atomic mass is 10.1. The zero-order valence-corrected chi connectivity index (χ0v) is 18.2. The molecule has 0 heterocycles. The minimum Gasteiger partial charge on any atom is -0.326 e. The summed E-state index contributed by atoms with van der Waals surface area (Å²) < 4.78 is 28.1. The van der Waals surface area contributed by atoms with Crippen molar-refractivity contribution in [3.05, 3.63) is 89.0 Å². The number of benzene rings is 3. The second-order valence-electron chi connectivity index (χ2n) is 7.43. The first-order valence-electron chi connectivity index (χ1n) is 9.79. The highest BCUT2D eigenvalue weighted by atomic mass is 32.2. The molecule has 3 rings (SSSR count). The van der Waals surface area contributed by atoms with Gasteiger partial charge in [-0.25, -0.2) is 8.42 Å². The van der Waals surface area contributed by atoms with E-state index >= 15 is 0 Å². The first kappa shape index (κ1) is 21.6. The van der Waals surface area contributed by atoms with Crippen LogP contribution in [0.3, 0.4) is 0 Å². The van der Waals surface area contributed by atoms with Crippen molar-refractivity contribution in [3.63, 3.8) is 0 Å². The monoisotopic (exact) mass is 422 g/mol. The fraction of sp³-hybridized carbons (Fsp3) is 0.208. The second-order valence-corrected chi connectivity index (χ2v) is 9.12. The van der Waals surface area contributed by atoms with E-state index in [2.05, 4.69) is 16.1 Å². The van der Waals surface area contributed by atoms with Crippen molar-refractivity contribution in [1.29, 1.82) is 0 Å². The quantitative estimate of drug-likeness (QED) is 0.564. The smallest absolute Gasteiger partial charge is 0.261 e. The summed E-state index contributed by atoms with van der Waals surface area (Å²) in [4.78, 5) is 12.4. The molecule has 0 aliphatic carbocycles. The molecule has 0 aliphatic rings. The van der Waals surface area contributed by atoms with Crippen LogP contribution in [0.4, 0.5) is 11.4 Å². The molecule has 0 saturated heterocycles. The van der Waals surface area contributed by atoms with E-state index in [0.717, 1.165) is 16.7 Å². The maximum Gasteiger partial charge on any atom is 0.261 e. The van der Waals surface area contributed by atoms with Gasteiger partial charge in [-0.3, -0.25) is 9.52 Å². The van der Waals surface area contributed by atoms with E-state index in [0.29, 0.717) is 24.2 Å². The summed E-state index contributed by atoms with van der Waals surface area (Å²) in [7, 11) is -3.72. The van der Waals surface area contributed by atoms with Crippen molar-refractivity contribution in [2.45, 2.75) is 38.5 Å². The zero-order valence-electron chi connectivity index (χ0n) is 17.4. The molecule has 1 amide bonds. The fourth-order valence-electron chi connectivity index (χ4n) is 3.24. The first-order chi connectivity index (χ1) is 14.2. The van der Waals surface area contributed by atoms with E-state index in [9.17, 15) is 13.2 Å². The minimum atomic E-state index is -3.72. The Morgan fingerprint density at radius 1 is 0.867 bits per heavy atom. The lowest BCUT2D eigenvalue weighted by Gasteiger charge is -2.13. The Morgan fingerprint density at radius 3 is 2.13 bits per heavy atom. The summed E-state index contributed by atoms with van der Waals surface area (Å²) in [5, 5.41) is 2.82. The molecule has 0 bridgehead atoms. The van der Waals surface area contributed by atoms with Crippen LogP contribution in [0.15, 0.2) is 71.6 Å². The van der Waals surface area contributed by atoms with Gasteiger partial charge >= 0.3 is 0 Å². The zero-order chi connectivity index (χ0) is 21.7. The molecule has 2 N–H and O–H groups in total. The number of hydrogen-bond acceptors (Lipinski definition) is 3. The van der Waals surface area contributed by atoms with Crippen LogP contribution >= 0.6 is 0 Å². The largest absolute Gasteiger partial charge is 0.326 e. The van der Waals surface area contributed by atoms with Gasteiger partial charge in [0, 0.05) is 12.1 Å². The van der Waals surface area contributed by atoms with Crippen LogP contribution in [0.25, 0.3) is 0 Å². The van der Waals surface area contributed by atoms with Crippen LogP contribution in [0.1, 0.15) is 28.7 Å². The van der Waals surface area contributed by atoms with Crippen molar-refractivity contribution in [1.82, 2.24) is 0 Å². The van der Waals surface area contributed by atoms with Crippen molar-refractivity contribution < 1.29 is 13.2 Å². The highest BCUT2D eigenvalue weighted by Crippen LogP contribution is 2.24. The van der Waals surface area contributed by atoms with E-state index in [4.69, 9.17) is 0 Å². The number of nitrogens with one attached hydrogen (secondary N) is 2. The van der Waals surface area contributed by atoms with Gasteiger partial charge in [0.1, 0.15) is 0 Å². The maximum absolute atomic E-state index is 12.7. The molecule has 156 valence electrons. The SMILES string of the molecule is Cc1cccc(CCC(=O)Nc2ccc(S(=O)(=O)Nc3c(C)cccc3C)cc2)c1. The summed E-state index contributed by atoms with van der Waals surface area (Å²) >= 11 is 0. The number of carbonyl (C=O) groups is 1. The number of rotatable bonds is 7. The van der Waals surface area contributed by atoms with Crippen LogP contribution < -0.4 is 10.0 Å². The van der Waals surface area contributed by atoms with Gasteiger partial charge in [-0.1, -0.05) is 48.0 Å². The molecule has 0 aromatic heterocycles. The number of amides is 1. The molecule has 3 aromatic carbocycles. The summed E-state index contributed by atoms with van der Waals surface area (Å²) in [5.74, 6) is -0.110. The van der Waals surface area contributed by atoms with Gasteiger partial charge in [-0.2, -0.15) is 0 Å². The molecular weight excluding hydrogens is 396 g/mol. The van der Waals surface area contributed by atoms with Crippen LogP contribution in [0, 0.1) is 20.8 Å². The third-order valence-electron chi connectivity index (χ3n) is 4.89. The number of aryl methyl sites for hydroxylation is 4. The van der Waals surface area contributed by atoms with Crippen LogP contribution in [0.5, 0.6) is 0 Å². The Labute approximate surface area is 178 Å². The van der Waals surface area contributed by atoms with E-state index in [1.54, 1.807) is 12.1 Å². The molecule has 30 heavy (non-hydrogen) atoms. The molecule has 0 fully saturated rings. The molecule has 3 aromatic rings. The Kier molecular flexibility index (Phi) is 6.57. The molecule has 0 radical (unpaired) electrons. The molecule has 5 nitrogen and oxygen atoms in total. The Bertz CT molecular complexity index is 1130. The predicted octanol–water partition coefficient (Wildman–Crippen LogP) is 4.98.